The van der Waals surface area contributed by atoms with Crippen molar-refractivity contribution in [3.05, 3.63) is 47.9 Å². The number of hydrogen-bond donors (Lipinski definition) is 0. The number of rotatable bonds is 1. The standard InChI is InChI=1S/C14H12N2O/c1-9-13(10(2)17)16-8-7-11-5-3-4-6-12(11)14(16)15-9/h3-8H,1-2H3. The highest BCUT2D eigenvalue weighted by Gasteiger charge is 2.13. The molecule has 3 rings (SSSR count). The number of benzene rings is 1. The number of carbonyl (C=O) groups is 1. The van der Waals surface area contributed by atoms with Crippen LogP contribution in [0.4, 0.5) is 0 Å². The lowest BCUT2D eigenvalue weighted by Gasteiger charge is -2.01. The van der Waals surface area contributed by atoms with Crippen molar-refractivity contribution in [1.29, 1.82) is 0 Å². The van der Waals surface area contributed by atoms with Crippen molar-refractivity contribution in [3.63, 3.8) is 0 Å². The number of hydrogen-bond acceptors (Lipinski definition) is 2. The third-order valence-electron chi connectivity index (χ3n) is 3.02. The second-order valence-corrected chi connectivity index (χ2v) is 4.20. The fraction of sp³-hybridized carbons (Fsp3) is 0.143. The molecule has 84 valence electrons. The Balaban J connectivity index is 2.53. The van der Waals surface area contributed by atoms with Crippen LogP contribution < -0.4 is 0 Å². The molecule has 0 radical (unpaired) electrons. The number of ketones is 1. The molecule has 0 amide bonds. The molecule has 0 aliphatic heterocycles. The lowest BCUT2D eigenvalue weighted by Crippen LogP contribution is -2.00. The summed E-state index contributed by atoms with van der Waals surface area (Å²) < 4.78 is 1.88. The fourth-order valence-corrected chi connectivity index (χ4v) is 2.31. The molecule has 0 saturated carbocycles. The van der Waals surface area contributed by atoms with Crippen molar-refractivity contribution in [2.45, 2.75) is 13.8 Å². The van der Waals surface area contributed by atoms with Gasteiger partial charge < -0.3 is 0 Å². The first-order chi connectivity index (χ1) is 8.18. The van der Waals surface area contributed by atoms with E-state index in [0.717, 1.165) is 22.1 Å². The van der Waals surface area contributed by atoms with Gasteiger partial charge in [0, 0.05) is 18.5 Å². The van der Waals surface area contributed by atoms with Crippen LogP contribution in [0.5, 0.6) is 0 Å². The summed E-state index contributed by atoms with van der Waals surface area (Å²) in [6.45, 7) is 3.45. The maximum absolute atomic E-state index is 11.6. The van der Waals surface area contributed by atoms with Crippen LogP contribution in [-0.4, -0.2) is 15.2 Å². The molecule has 0 spiro atoms. The number of carbonyl (C=O) groups excluding carboxylic acids is 1. The summed E-state index contributed by atoms with van der Waals surface area (Å²) >= 11 is 0. The van der Waals surface area contributed by atoms with Crippen molar-refractivity contribution < 1.29 is 4.79 Å². The number of Topliss-reactive ketones (excluding diaryl/α,β-unsaturated/α-hetero) is 1. The monoisotopic (exact) mass is 224 g/mol. The summed E-state index contributed by atoms with van der Waals surface area (Å²) in [5.41, 5.74) is 2.31. The molecular weight excluding hydrogens is 212 g/mol. The van der Waals surface area contributed by atoms with Crippen LogP contribution in [0.2, 0.25) is 0 Å². The molecule has 3 nitrogen and oxygen atoms in total. The molecule has 0 fully saturated rings. The largest absolute Gasteiger partial charge is 0.296 e. The van der Waals surface area contributed by atoms with Gasteiger partial charge in [-0.2, -0.15) is 0 Å². The van der Waals surface area contributed by atoms with Crippen molar-refractivity contribution >= 4 is 22.2 Å². The first kappa shape index (κ1) is 10.0. The molecule has 0 saturated heterocycles. The van der Waals surface area contributed by atoms with Crippen molar-refractivity contribution in [3.8, 4) is 0 Å². The number of pyridine rings is 1. The lowest BCUT2D eigenvalue weighted by atomic mass is 10.2. The van der Waals surface area contributed by atoms with E-state index in [2.05, 4.69) is 4.98 Å². The van der Waals surface area contributed by atoms with Gasteiger partial charge in [-0.3, -0.25) is 9.20 Å². The van der Waals surface area contributed by atoms with E-state index in [0.29, 0.717) is 5.69 Å². The Morgan fingerprint density at radius 3 is 2.76 bits per heavy atom. The van der Waals surface area contributed by atoms with E-state index in [-0.39, 0.29) is 5.78 Å². The topological polar surface area (TPSA) is 34.4 Å². The maximum Gasteiger partial charge on any atom is 0.178 e. The molecule has 17 heavy (non-hydrogen) atoms. The fourth-order valence-electron chi connectivity index (χ4n) is 2.31. The van der Waals surface area contributed by atoms with E-state index in [1.165, 1.54) is 0 Å². The number of aryl methyl sites for hydroxylation is 1. The maximum atomic E-state index is 11.6. The van der Waals surface area contributed by atoms with Gasteiger partial charge in [0.15, 0.2) is 5.78 Å². The van der Waals surface area contributed by atoms with Gasteiger partial charge in [0.1, 0.15) is 11.3 Å². The first-order valence-electron chi connectivity index (χ1n) is 5.56. The summed E-state index contributed by atoms with van der Waals surface area (Å²) in [7, 11) is 0. The minimum atomic E-state index is 0.0466. The number of aromatic nitrogens is 2. The van der Waals surface area contributed by atoms with Crippen LogP contribution >= 0.6 is 0 Å². The molecule has 3 heteroatoms. The van der Waals surface area contributed by atoms with Crippen LogP contribution in [0.25, 0.3) is 16.4 Å². The van der Waals surface area contributed by atoms with Gasteiger partial charge in [-0.15, -0.1) is 0 Å². The zero-order valence-corrected chi connectivity index (χ0v) is 9.77. The Hall–Kier alpha value is -2.16. The Kier molecular flexibility index (Phi) is 2.01. The second kappa shape index (κ2) is 3.42. The Morgan fingerprint density at radius 2 is 2.00 bits per heavy atom. The Morgan fingerprint density at radius 1 is 1.24 bits per heavy atom. The summed E-state index contributed by atoms with van der Waals surface area (Å²) in [5, 5.41) is 2.21. The van der Waals surface area contributed by atoms with Crippen LogP contribution in [-0.2, 0) is 0 Å². The molecule has 0 unspecified atom stereocenters. The molecule has 2 heterocycles. The SMILES string of the molecule is CC(=O)c1c(C)nc2c3ccccc3ccn12. The number of imidazole rings is 1. The van der Waals surface area contributed by atoms with Crippen molar-refractivity contribution in [1.82, 2.24) is 9.38 Å². The molecule has 0 N–H and O–H groups in total. The predicted molar refractivity (Wildman–Crippen MR) is 67.4 cm³/mol. The van der Waals surface area contributed by atoms with Crippen LogP contribution in [0.1, 0.15) is 23.1 Å². The number of nitrogens with zero attached hydrogens (tertiary/aromatic N) is 2. The van der Waals surface area contributed by atoms with Crippen LogP contribution in [0.3, 0.4) is 0 Å². The molecule has 0 atom stereocenters. The summed E-state index contributed by atoms with van der Waals surface area (Å²) in [4.78, 5) is 16.1. The zero-order chi connectivity index (χ0) is 12.0. The zero-order valence-electron chi connectivity index (χ0n) is 9.77. The first-order valence-corrected chi connectivity index (χ1v) is 5.56. The normalized spacial score (nSPS) is 11.2. The molecule has 1 aromatic carbocycles. The lowest BCUT2D eigenvalue weighted by molar-refractivity contribution is 0.101. The Labute approximate surface area is 98.7 Å². The van der Waals surface area contributed by atoms with Crippen molar-refractivity contribution in [2.24, 2.45) is 0 Å². The van der Waals surface area contributed by atoms with Gasteiger partial charge in [0.05, 0.1) is 5.69 Å². The minimum absolute atomic E-state index is 0.0466. The molecular formula is C14H12N2O. The van der Waals surface area contributed by atoms with Gasteiger partial charge in [0.2, 0.25) is 0 Å². The van der Waals surface area contributed by atoms with Crippen LogP contribution in [0, 0.1) is 6.92 Å². The van der Waals surface area contributed by atoms with Crippen LogP contribution in [0.15, 0.2) is 36.5 Å². The highest BCUT2D eigenvalue weighted by Crippen LogP contribution is 2.22. The third-order valence-corrected chi connectivity index (χ3v) is 3.02. The molecule has 0 bridgehead atoms. The molecule has 2 aromatic heterocycles. The second-order valence-electron chi connectivity index (χ2n) is 4.20. The van der Waals surface area contributed by atoms with E-state index in [4.69, 9.17) is 0 Å². The minimum Gasteiger partial charge on any atom is -0.296 e. The van der Waals surface area contributed by atoms with E-state index < -0.39 is 0 Å². The van der Waals surface area contributed by atoms with E-state index in [1.807, 2.05) is 47.9 Å². The van der Waals surface area contributed by atoms with Gasteiger partial charge in [-0.05, 0) is 18.4 Å². The van der Waals surface area contributed by atoms with Crippen molar-refractivity contribution in [2.75, 3.05) is 0 Å². The highest BCUT2D eigenvalue weighted by molar-refractivity contribution is 5.99. The summed E-state index contributed by atoms with van der Waals surface area (Å²) in [6.07, 6.45) is 1.91. The molecule has 0 aliphatic rings. The number of fused-ring (bicyclic) bond motifs is 3. The average molecular weight is 224 g/mol. The predicted octanol–water partition coefficient (Wildman–Crippen LogP) is 3.00. The highest BCUT2D eigenvalue weighted by atomic mass is 16.1. The third kappa shape index (κ3) is 1.35. The summed E-state index contributed by atoms with van der Waals surface area (Å²) in [5.74, 6) is 0.0466. The van der Waals surface area contributed by atoms with Gasteiger partial charge in [-0.25, -0.2) is 4.98 Å². The van der Waals surface area contributed by atoms with Gasteiger partial charge >= 0.3 is 0 Å². The van der Waals surface area contributed by atoms with E-state index in [9.17, 15) is 4.79 Å². The molecule has 0 aliphatic carbocycles. The van der Waals surface area contributed by atoms with E-state index >= 15 is 0 Å². The average Bonchev–Trinajstić information content (AvgIpc) is 2.65. The van der Waals surface area contributed by atoms with Gasteiger partial charge in [0.25, 0.3) is 0 Å². The Bertz CT molecular complexity index is 740. The van der Waals surface area contributed by atoms with Gasteiger partial charge in [-0.1, -0.05) is 24.3 Å². The quantitative estimate of drug-likeness (QED) is 0.595. The summed E-state index contributed by atoms with van der Waals surface area (Å²) in [6, 6.07) is 10.1. The van der Waals surface area contributed by atoms with E-state index in [1.54, 1.807) is 6.92 Å². The smallest absolute Gasteiger partial charge is 0.178 e. The molecule has 3 aromatic rings.